The molecule has 0 bridgehead atoms. The molecule has 1 N–H and O–H groups in total. The van der Waals surface area contributed by atoms with Crippen molar-refractivity contribution in [3.05, 3.63) is 11.3 Å². The Kier molecular flexibility index (Phi) is 1.64. The summed E-state index contributed by atoms with van der Waals surface area (Å²) in [5.41, 5.74) is 2.63. The molecule has 1 aromatic heterocycles. The van der Waals surface area contributed by atoms with Crippen LogP contribution in [-0.2, 0) is 13.5 Å². The van der Waals surface area contributed by atoms with E-state index in [0.717, 1.165) is 12.0 Å². The van der Waals surface area contributed by atoms with E-state index >= 15 is 0 Å². The third kappa shape index (κ3) is 1.15. The average molecular weight is 191 g/mol. The second-order valence-corrected chi connectivity index (χ2v) is 4.66. The number of hydrogen-bond donors (Lipinski definition) is 1. The van der Waals surface area contributed by atoms with Gasteiger partial charge in [0.2, 0.25) is 0 Å². The number of nitrogens with one attached hydrogen (secondary N) is 1. The van der Waals surface area contributed by atoms with E-state index in [4.69, 9.17) is 0 Å². The van der Waals surface area contributed by atoms with E-state index in [1.54, 1.807) is 0 Å². The van der Waals surface area contributed by atoms with Gasteiger partial charge in [-0.3, -0.25) is 4.68 Å². The summed E-state index contributed by atoms with van der Waals surface area (Å²) in [5.74, 6) is 2.21. The fourth-order valence-corrected chi connectivity index (χ4v) is 2.58. The summed E-state index contributed by atoms with van der Waals surface area (Å²) < 4.78 is 2.00. The maximum atomic E-state index is 4.46. The molecule has 1 fully saturated rings. The van der Waals surface area contributed by atoms with E-state index in [9.17, 15) is 0 Å². The van der Waals surface area contributed by atoms with Gasteiger partial charge in [-0.05, 0) is 38.5 Å². The van der Waals surface area contributed by atoms with Crippen molar-refractivity contribution in [3.63, 3.8) is 0 Å². The van der Waals surface area contributed by atoms with Crippen LogP contribution in [0.4, 0.5) is 5.82 Å². The van der Waals surface area contributed by atoms with E-state index < -0.39 is 0 Å². The molecule has 1 aliphatic heterocycles. The number of rotatable bonds is 1. The quantitative estimate of drug-likeness (QED) is 0.734. The Hall–Kier alpha value is -0.990. The summed E-state index contributed by atoms with van der Waals surface area (Å²) >= 11 is 0. The maximum Gasteiger partial charge on any atom is 0.127 e. The highest BCUT2D eigenvalue weighted by atomic mass is 15.3. The lowest BCUT2D eigenvalue weighted by atomic mass is 9.97. The SMILES string of the molecule is Cc1nn(C)c2c1CC[C@@H](C1CC1)N2. The summed E-state index contributed by atoms with van der Waals surface area (Å²) in [6.07, 6.45) is 5.35. The van der Waals surface area contributed by atoms with Gasteiger partial charge in [0.05, 0.1) is 5.69 Å². The molecular formula is C11H17N3. The van der Waals surface area contributed by atoms with E-state index in [2.05, 4.69) is 17.3 Å². The molecule has 76 valence electrons. The second-order valence-electron chi connectivity index (χ2n) is 4.66. The molecule has 1 aliphatic carbocycles. The molecule has 0 aromatic carbocycles. The van der Waals surface area contributed by atoms with Gasteiger partial charge < -0.3 is 5.32 Å². The number of aromatic nitrogens is 2. The summed E-state index contributed by atoms with van der Waals surface area (Å²) in [6.45, 7) is 2.11. The Morgan fingerprint density at radius 3 is 2.86 bits per heavy atom. The molecule has 1 aromatic rings. The fourth-order valence-electron chi connectivity index (χ4n) is 2.58. The number of hydrogen-bond acceptors (Lipinski definition) is 2. The largest absolute Gasteiger partial charge is 0.367 e. The molecule has 1 atom stereocenters. The molecule has 3 rings (SSSR count). The van der Waals surface area contributed by atoms with Gasteiger partial charge in [-0.15, -0.1) is 0 Å². The highest BCUT2D eigenvalue weighted by Crippen LogP contribution is 2.39. The first-order valence-electron chi connectivity index (χ1n) is 5.54. The zero-order valence-corrected chi connectivity index (χ0v) is 8.88. The molecular weight excluding hydrogens is 174 g/mol. The topological polar surface area (TPSA) is 29.9 Å². The smallest absolute Gasteiger partial charge is 0.127 e. The minimum atomic E-state index is 0.720. The minimum Gasteiger partial charge on any atom is -0.367 e. The predicted molar refractivity (Wildman–Crippen MR) is 56.4 cm³/mol. The molecule has 14 heavy (non-hydrogen) atoms. The summed E-state index contributed by atoms with van der Waals surface area (Å²) in [6, 6.07) is 0.720. The van der Waals surface area contributed by atoms with Crippen molar-refractivity contribution < 1.29 is 0 Å². The average Bonchev–Trinajstić information content (AvgIpc) is 2.96. The highest BCUT2D eigenvalue weighted by molar-refractivity contribution is 5.50. The summed E-state index contributed by atoms with van der Waals surface area (Å²) in [7, 11) is 2.04. The lowest BCUT2D eigenvalue weighted by Gasteiger charge is -2.25. The lowest BCUT2D eigenvalue weighted by molar-refractivity contribution is 0.560. The Balaban J connectivity index is 1.92. The van der Waals surface area contributed by atoms with Crippen LogP contribution in [0.25, 0.3) is 0 Å². The Morgan fingerprint density at radius 1 is 1.36 bits per heavy atom. The van der Waals surface area contributed by atoms with Crippen LogP contribution < -0.4 is 5.32 Å². The number of fused-ring (bicyclic) bond motifs is 1. The third-order valence-corrected chi connectivity index (χ3v) is 3.56. The molecule has 0 spiro atoms. The van der Waals surface area contributed by atoms with Crippen molar-refractivity contribution in [1.82, 2.24) is 9.78 Å². The van der Waals surface area contributed by atoms with Gasteiger partial charge in [0.25, 0.3) is 0 Å². The standard InChI is InChI=1S/C11H17N3/c1-7-9-5-6-10(8-3-4-8)12-11(9)14(2)13-7/h8,10,12H,3-6H2,1-2H3/t10-/m0/s1. The number of aryl methyl sites for hydroxylation is 2. The molecule has 1 saturated carbocycles. The zero-order valence-electron chi connectivity index (χ0n) is 8.88. The monoisotopic (exact) mass is 191 g/mol. The van der Waals surface area contributed by atoms with Crippen LogP contribution in [0.1, 0.15) is 30.5 Å². The van der Waals surface area contributed by atoms with Crippen LogP contribution in [0.3, 0.4) is 0 Å². The lowest BCUT2D eigenvalue weighted by Crippen LogP contribution is -2.28. The highest BCUT2D eigenvalue weighted by Gasteiger charge is 2.34. The molecule has 0 saturated heterocycles. The van der Waals surface area contributed by atoms with Gasteiger partial charge in [-0.25, -0.2) is 0 Å². The molecule has 0 unspecified atom stereocenters. The van der Waals surface area contributed by atoms with Crippen molar-refractivity contribution in [2.75, 3.05) is 5.32 Å². The molecule has 3 heteroatoms. The van der Waals surface area contributed by atoms with Crippen molar-refractivity contribution in [3.8, 4) is 0 Å². The second kappa shape index (κ2) is 2.75. The Labute approximate surface area is 84.5 Å². The fraction of sp³-hybridized carbons (Fsp3) is 0.727. The number of anilines is 1. The molecule has 2 aliphatic rings. The van der Waals surface area contributed by atoms with Crippen LogP contribution in [0.15, 0.2) is 0 Å². The molecule has 0 radical (unpaired) electrons. The van der Waals surface area contributed by atoms with Crippen molar-refractivity contribution in [2.24, 2.45) is 13.0 Å². The van der Waals surface area contributed by atoms with E-state index in [1.807, 2.05) is 11.7 Å². The minimum absolute atomic E-state index is 0.720. The van der Waals surface area contributed by atoms with Crippen LogP contribution in [-0.4, -0.2) is 15.8 Å². The number of nitrogens with zero attached hydrogens (tertiary/aromatic N) is 2. The van der Waals surface area contributed by atoms with Crippen molar-refractivity contribution >= 4 is 5.82 Å². The first kappa shape index (κ1) is 8.33. The van der Waals surface area contributed by atoms with Crippen LogP contribution >= 0.6 is 0 Å². The van der Waals surface area contributed by atoms with Gasteiger partial charge in [0, 0.05) is 18.7 Å². The van der Waals surface area contributed by atoms with Crippen LogP contribution in [0.5, 0.6) is 0 Å². The first-order valence-corrected chi connectivity index (χ1v) is 5.54. The summed E-state index contributed by atoms with van der Waals surface area (Å²) in [4.78, 5) is 0. The van der Waals surface area contributed by atoms with Gasteiger partial charge in [0.15, 0.2) is 0 Å². The molecule has 0 amide bonds. The van der Waals surface area contributed by atoms with Gasteiger partial charge in [-0.1, -0.05) is 0 Å². The normalized spacial score (nSPS) is 25.7. The Morgan fingerprint density at radius 2 is 2.14 bits per heavy atom. The first-order chi connectivity index (χ1) is 6.75. The van der Waals surface area contributed by atoms with Gasteiger partial charge >= 0.3 is 0 Å². The van der Waals surface area contributed by atoms with Gasteiger partial charge in [-0.2, -0.15) is 5.10 Å². The van der Waals surface area contributed by atoms with Crippen LogP contribution in [0, 0.1) is 12.8 Å². The summed E-state index contributed by atoms with van der Waals surface area (Å²) in [5, 5.41) is 8.11. The van der Waals surface area contributed by atoms with Gasteiger partial charge in [0.1, 0.15) is 5.82 Å². The zero-order chi connectivity index (χ0) is 9.71. The van der Waals surface area contributed by atoms with E-state index in [-0.39, 0.29) is 0 Å². The Bertz CT molecular complexity index is 363. The third-order valence-electron chi connectivity index (χ3n) is 3.56. The molecule has 3 nitrogen and oxygen atoms in total. The van der Waals surface area contributed by atoms with E-state index in [1.165, 1.54) is 42.8 Å². The van der Waals surface area contributed by atoms with Crippen molar-refractivity contribution in [2.45, 2.75) is 38.6 Å². The van der Waals surface area contributed by atoms with Crippen LogP contribution in [0.2, 0.25) is 0 Å². The maximum absolute atomic E-state index is 4.46. The van der Waals surface area contributed by atoms with Crippen molar-refractivity contribution in [1.29, 1.82) is 0 Å². The predicted octanol–water partition coefficient (Wildman–Crippen LogP) is 1.87. The molecule has 2 heterocycles. The van der Waals surface area contributed by atoms with E-state index in [0.29, 0.717) is 0 Å².